The van der Waals surface area contributed by atoms with Crippen LogP contribution in [0.25, 0.3) is 11.1 Å². The number of fused-ring (bicyclic) bond motifs is 1. The molecule has 8 heteroatoms. The van der Waals surface area contributed by atoms with Gasteiger partial charge < -0.3 is 14.5 Å². The lowest BCUT2D eigenvalue weighted by atomic mass is 9.91. The van der Waals surface area contributed by atoms with Crippen molar-refractivity contribution in [1.29, 1.82) is 0 Å². The van der Waals surface area contributed by atoms with E-state index in [-0.39, 0.29) is 11.5 Å². The second kappa shape index (κ2) is 7.72. The van der Waals surface area contributed by atoms with Crippen molar-refractivity contribution in [2.45, 2.75) is 25.3 Å². The highest BCUT2D eigenvalue weighted by Gasteiger charge is 2.18. The van der Waals surface area contributed by atoms with Gasteiger partial charge in [0.05, 0.1) is 11.3 Å². The zero-order chi connectivity index (χ0) is 17.9. The Bertz CT molecular complexity index is 878. The van der Waals surface area contributed by atoms with Crippen molar-refractivity contribution in [1.82, 2.24) is 9.88 Å². The van der Waals surface area contributed by atoms with Gasteiger partial charge in [-0.05, 0) is 36.5 Å². The van der Waals surface area contributed by atoms with Crippen LogP contribution in [0.15, 0.2) is 27.4 Å². The standard InChI is InChI=1S/C17H24N2O5S/c1-25(21,22)11-7-18-6-8-19-15-12-14(13-4-9-23-10-5-13)2-3-16(15)24-17(19)20/h2-3,12-13,18H,4-11H2,1H3. The van der Waals surface area contributed by atoms with Gasteiger partial charge in [-0.2, -0.15) is 0 Å². The fraction of sp³-hybridized carbons (Fsp3) is 0.588. The summed E-state index contributed by atoms with van der Waals surface area (Å²) in [6.45, 7) is 2.85. The molecule has 0 amide bonds. The number of sulfone groups is 1. The molecule has 1 aromatic carbocycles. The second-order valence-corrected chi connectivity index (χ2v) is 8.77. The Balaban J connectivity index is 1.71. The van der Waals surface area contributed by atoms with Crippen LogP contribution in [-0.2, 0) is 21.1 Å². The normalized spacial score (nSPS) is 16.5. The molecule has 2 aromatic rings. The zero-order valence-electron chi connectivity index (χ0n) is 14.4. The van der Waals surface area contributed by atoms with Crippen LogP contribution in [0.2, 0.25) is 0 Å². The SMILES string of the molecule is CS(=O)(=O)CCNCCn1c(=O)oc2ccc(C3CCOCC3)cc21. The molecule has 0 atom stereocenters. The summed E-state index contributed by atoms with van der Waals surface area (Å²) < 4.78 is 34.6. The summed E-state index contributed by atoms with van der Waals surface area (Å²) in [5.74, 6) is 0.149. The number of hydrogen-bond acceptors (Lipinski definition) is 6. The zero-order valence-corrected chi connectivity index (χ0v) is 15.2. The molecule has 0 radical (unpaired) electrons. The van der Waals surface area contributed by atoms with Crippen LogP contribution >= 0.6 is 0 Å². The molecule has 0 unspecified atom stereocenters. The molecule has 1 aromatic heterocycles. The third kappa shape index (κ3) is 4.71. The van der Waals surface area contributed by atoms with Gasteiger partial charge >= 0.3 is 5.76 Å². The monoisotopic (exact) mass is 368 g/mol. The van der Waals surface area contributed by atoms with E-state index in [1.54, 1.807) is 4.57 Å². The molecule has 1 N–H and O–H groups in total. The lowest BCUT2D eigenvalue weighted by Gasteiger charge is -2.22. The summed E-state index contributed by atoms with van der Waals surface area (Å²) in [5.41, 5.74) is 2.58. The van der Waals surface area contributed by atoms with Crippen molar-refractivity contribution in [3.8, 4) is 0 Å². The van der Waals surface area contributed by atoms with E-state index < -0.39 is 9.84 Å². The Labute approximate surface area is 146 Å². The molecule has 25 heavy (non-hydrogen) atoms. The maximum Gasteiger partial charge on any atom is 0.419 e. The number of nitrogens with one attached hydrogen (secondary N) is 1. The van der Waals surface area contributed by atoms with Crippen LogP contribution < -0.4 is 11.1 Å². The van der Waals surface area contributed by atoms with E-state index >= 15 is 0 Å². The van der Waals surface area contributed by atoms with E-state index in [2.05, 4.69) is 5.32 Å². The van der Waals surface area contributed by atoms with Crippen molar-refractivity contribution < 1.29 is 17.6 Å². The number of oxazole rings is 1. The fourth-order valence-corrected chi connectivity index (χ4v) is 3.66. The largest absolute Gasteiger partial charge is 0.419 e. The van der Waals surface area contributed by atoms with Gasteiger partial charge in [-0.1, -0.05) is 6.07 Å². The minimum Gasteiger partial charge on any atom is -0.408 e. The highest BCUT2D eigenvalue weighted by atomic mass is 32.2. The highest BCUT2D eigenvalue weighted by molar-refractivity contribution is 7.90. The van der Waals surface area contributed by atoms with Gasteiger partial charge in [0.25, 0.3) is 0 Å². The Morgan fingerprint density at radius 1 is 1.24 bits per heavy atom. The maximum atomic E-state index is 12.1. The molecule has 0 aliphatic carbocycles. The highest BCUT2D eigenvalue weighted by Crippen LogP contribution is 2.29. The molecule has 1 aliphatic heterocycles. The van der Waals surface area contributed by atoms with Gasteiger partial charge in [-0.3, -0.25) is 4.57 Å². The molecule has 1 saturated heterocycles. The third-order valence-electron chi connectivity index (χ3n) is 4.55. The molecule has 138 valence electrons. The number of benzene rings is 1. The third-order valence-corrected chi connectivity index (χ3v) is 5.49. The first-order valence-electron chi connectivity index (χ1n) is 8.53. The summed E-state index contributed by atoms with van der Waals surface area (Å²) in [5, 5.41) is 3.05. The van der Waals surface area contributed by atoms with Crippen molar-refractivity contribution in [2.75, 3.05) is 38.3 Å². The molecule has 7 nitrogen and oxygen atoms in total. The molecule has 1 fully saturated rings. The van der Waals surface area contributed by atoms with Crippen LogP contribution in [0.1, 0.15) is 24.3 Å². The molecule has 3 rings (SSSR count). The summed E-state index contributed by atoms with van der Waals surface area (Å²) in [6, 6.07) is 5.91. The van der Waals surface area contributed by atoms with Gasteiger partial charge in [-0.15, -0.1) is 0 Å². The first kappa shape index (κ1) is 18.2. The Hall–Kier alpha value is -1.64. The van der Waals surface area contributed by atoms with Crippen molar-refractivity contribution in [3.05, 3.63) is 34.3 Å². The first-order valence-corrected chi connectivity index (χ1v) is 10.6. The van der Waals surface area contributed by atoms with Crippen molar-refractivity contribution >= 4 is 20.9 Å². The average Bonchev–Trinajstić information content (AvgIpc) is 2.89. The van der Waals surface area contributed by atoms with Crippen LogP contribution in [0.4, 0.5) is 0 Å². The maximum absolute atomic E-state index is 12.1. The lowest BCUT2D eigenvalue weighted by Crippen LogP contribution is -2.28. The van der Waals surface area contributed by atoms with Gasteiger partial charge in [0.1, 0.15) is 9.84 Å². The summed E-state index contributed by atoms with van der Waals surface area (Å²) in [4.78, 5) is 12.1. The summed E-state index contributed by atoms with van der Waals surface area (Å²) >= 11 is 0. The van der Waals surface area contributed by atoms with Gasteiger partial charge in [0.15, 0.2) is 5.58 Å². The predicted octanol–water partition coefficient (Wildman–Crippen LogP) is 1.12. The van der Waals surface area contributed by atoms with E-state index in [0.717, 1.165) is 31.6 Å². The summed E-state index contributed by atoms with van der Waals surface area (Å²) in [7, 11) is -2.98. The number of rotatable bonds is 7. The second-order valence-electron chi connectivity index (χ2n) is 6.51. The predicted molar refractivity (Wildman–Crippen MR) is 95.8 cm³/mol. The number of aromatic nitrogens is 1. The molecule has 0 bridgehead atoms. The Morgan fingerprint density at radius 3 is 2.72 bits per heavy atom. The quantitative estimate of drug-likeness (QED) is 0.737. The molecular formula is C17H24N2O5S. The van der Waals surface area contributed by atoms with E-state index in [0.29, 0.717) is 31.1 Å². The number of hydrogen-bond donors (Lipinski definition) is 1. The van der Waals surface area contributed by atoms with Crippen LogP contribution in [0.3, 0.4) is 0 Å². The smallest absolute Gasteiger partial charge is 0.408 e. The Kier molecular flexibility index (Phi) is 5.61. The van der Waals surface area contributed by atoms with Crippen LogP contribution in [0.5, 0.6) is 0 Å². The topological polar surface area (TPSA) is 90.5 Å². The molecule has 0 saturated carbocycles. The van der Waals surface area contributed by atoms with E-state index in [4.69, 9.17) is 9.15 Å². The lowest BCUT2D eigenvalue weighted by molar-refractivity contribution is 0.0853. The van der Waals surface area contributed by atoms with Crippen LogP contribution in [-0.4, -0.2) is 51.3 Å². The number of nitrogens with zero attached hydrogens (tertiary/aromatic N) is 1. The number of ether oxygens (including phenoxy) is 1. The first-order chi connectivity index (χ1) is 11.9. The van der Waals surface area contributed by atoms with E-state index in [1.165, 1.54) is 11.8 Å². The summed E-state index contributed by atoms with van der Waals surface area (Å²) in [6.07, 6.45) is 3.18. The molecular weight excluding hydrogens is 344 g/mol. The fourth-order valence-electron chi connectivity index (χ4n) is 3.15. The van der Waals surface area contributed by atoms with Gasteiger partial charge in [0, 0.05) is 39.1 Å². The van der Waals surface area contributed by atoms with E-state index in [1.807, 2.05) is 18.2 Å². The van der Waals surface area contributed by atoms with Crippen molar-refractivity contribution in [3.63, 3.8) is 0 Å². The average molecular weight is 368 g/mol. The molecule has 2 heterocycles. The van der Waals surface area contributed by atoms with Crippen LogP contribution in [0, 0.1) is 0 Å². The molecule has 1 aliphatic rings. The molecule has 0 spiro atoms. The minimum atomic E-state index is -2.98. The van der Waals surface area contributed by atoms with Gasteiger partial charge in [-0.25, -0.2) is 13.2 Å². The van der Waals surface area contributed by atoms with Crippen molar-refractivity contribution in [2.24, 2.45) is 0 Å². The Morgan fingerprint density at radius 2 is 2.00 bits per heavy atom. The minimum absolute atomic E-state index is 0.0853. The van der Waals surface area contributed by atoms with E-state index in [9.17, 15) is 13.2 Å². The van der Waals surface area contributed by atoms with Gasteiger partial charge in [0.2, 0.25) is 0 Å².